The normalized spacial score (nSPS) is 17.8. The summed E-state index contributed by atoms with van der Waals surface area (Å²) < 4.78 is 33.1. The first kappa shape index (κ1) is 18.3. The van der Waals surface area contributed by atoms with E-state index >= 15 is 0 Å². The van der Waals surface area contributed by atoms with Gasteiger partial charge in [-0.25, -0.2) is 4.72 Å². The molecule has 0 spiro atoms. The molecular weight excluding hydrogens is 294 g/mol. The van der Waals surface area contributed by atoms with Crippen LogP contribution in [0.1, 0.15) is 33.1 Å². The van der Waals surface area contributed by atoms with E-state index in [4.69, 9.17) is 4.74 Å². The van der Waals surface area contributed by atoms with Crippen molar-refractivity contribution < 1.29 is 17.9 Å². The van der Waals surface area contributed by atoms with Gasteiger partial charge in [-0.1, -0.05) is 6.92 Å². The van der Waals surface area contributed by atoms with Gasteiger partial charge in [-0.15, -0.1) is 0 Å². The molecule has 1 aliphatic rings. The summed E-state index contributed by atoms with van der Waals surface area (Å²) in [7, 11) is -3.44. The van der Waals surface area contributed by atoms with Gasteiger partial charge in [-0.05, 0) is 32.7 Å². The quantitative estimate of drug-likeness (QED) is 0.464. The molecule has 1 rings (SSSR count). The third-order valence-corrected chi connectivity index (χ3v) is 5.04. The molecule has 0 saturated carbocycles. The lowest BCUT2D eigenvalue weighted by Crippen LogP contribution is -2.47. The van der Waals surface area contributed by atoms with Gasteiger partial charge in [-0.3, -0.25) is 4.79 Å². The third kappa shape index (κ3) is 6.29. The zero-order valence-corrected chi connectivity index (χ0v) is 13.7. The molecule has 0 aromatic rings. The first-order valence-corrected chi connectivity index (χ1v) is 9.07. The molecule has 0 aromatic carbocycles. The van der Waals surface area contributed by atoms with E-state index in [0.717, 1.165) is 13.0 Å². The van der Waals surface area contributed by atoms with Crippen molar-refractivity contribution in [1.82, 2.24) is 14.3 Å². The molecule has 0 unspecified atom stereocenters. The van der Waals surface area contributed by atoms with E-state index in [1.807, 2.05) is 0 Å². The number of carbonyl (C=O) groups excluding carboxylic acids is 1. The Morgan fingerprint density at radius 1 is 1.19 bits per heavy atom. The van der Waals surface area contributed by atoms with Gasteiger partial charge in [-0.2, -0.15) is 12.7 Å². The Labute approximate surface area is 127 Å². The van der Waals surface area contributed by atoms with E-state index < -0.39 is 10.2 Å². The fraction of sp³-hybridized carbons (Fsp3) is 0.923. The van der Waals surface area contributed by atoms with E-state index in [2.05, 4.69) is 17.0 Å². The van der Waals surface area contributed by atoms with Crippen molar-refractivity contribution in [2.45, 2.75) is 33.1 Å². The van der Waals surface area contributed by atoms with Crippen LogP contribution in [0, 0.1) is 5.92 Å². The van der Waals surface area contributed by atoms with Gasteiger partial charge in [0.2, 0.25) is 0 Å². The minimum Gasteiger partial charge on any atom is -0.466 e. The molecule has 1 saturated heterocycles. The van der Waals surface area contributed by atoms with E-state index in [9.17, 15) is 13.2 Å². The Kier molecular flexibility index (Phi) is 8.16. The monoisotopic (exact) mass is 321 g/mol. The predicted molar refractivity (Wildman–Crippen MR) is 81.0 cm³/mol. The average Bonchev–Trinajstić information content (AvgIpc) is 2.47. The van der Waals surface area contributed by atoms with Crippen LogP contribution in [0.25, 0.3) is 0 Å². The van der Waals surface area contributed by atoms with Crippen molar-refractivity contribution in [1.29, 1.82) is 0 Å². The first-order chi connectivity index (χ1) is 10.0. The Morgan fingerprint density at radius 3 is 2.43 bits per heavy atom. The smallest absolute Gasteiger partial charge is 0.309 e. The molecule has 0 radical (unpaired) electrons. The summed E-state index contributed by atoms with van der Waals surface area (Å²) in [5.41, 5.74) is 0. The molecule has 0 bridgehead atoms. The maximum absolute atomic E-state index is 12.1. The summed E-state index contributed by atoms with van der Waals surface area (Å²) in [5.74, 6) is -0.395. The third-order valence-electron chi connectivity index (χ3n) is 3.43. The number of nitrogens with one attached hydrogen (secondary N) is 2. The molecule has 21 heavy (non-hydrogen) atoms. The zero-order valence-electron chi connectivity index (χ0n) is 12.9. The van der Waals surface area contributed by atoms with Crippen molar-refractivity contribution >= 4 is 16.2 Å². The van der Waals surface area contributed by atoms with Crippen LogP contribution in [0.4, 0.5) is 0 Å². The SMILES string of the molecule is CCCNCCNS(=O)(=O)N1CCC(C(=O)OCC)CC1. The first-order valence-electron chi connectivity index (χ1n) is 7.63. The highest BCUT2D eigenvalue weighted by molar-refractivity contribution is 7.87. The summed E-state index contributed by atoms with van der Waals surface area (Å²) >= 11 is 0. The molecular formula is C13H27N3O4S. The molecule has 0 atom stereocenters. The Morgan fingerprint density at radius 2 is 1.86 bits per heavy atom. The van der Waals surface area contributed by atoms with E-state index in [0.29, 0.717) is 45.6 Å². The van der Waals surface area contributed by atoms with Crippen molar-refractivity contribution in [2.75, 3.05) is 39.3 Å². The molecule has 1 fully saturated rings. The number of hydrogen-bond donors (Lipinski definition) is 2. The summed E-state index contributed by atoms with van der Waals surface area (Å²) in [6.45, 7) is 6.80. The van der Waals surface area contributed by atoms with E-state index in [1.165, 1.54) is 4.31 Å². The van der Waals surface area contributed by atoms with Crippen LogP contribution in [0.5, 0.6) is 0 Å². The van der Waals surface area contributed by atoms with Crippen molar-refractivity contribution in [3.05, 3.63) is 0 Å². The molecule has 0 aliphatic carbocycles. The van der Waals surface area contributed by atoms with E-state index in [1.54, 1.807) is 6.92 Å². The van der Waals surface area contributed by atoms with Gasteiger partial charge in [0, 0.05) is 26.2 Å². The van der Waals surface area contributed by atoms with Gasteiger partial charge in [0.25, 0.3) is 10.2 Å². The average molecular weight is 321 g/mol. The molecule has 1 aliphatic heterocycles. The van der Waals surface area contributed by atoms with Crippen LogP contribution < -0.4 is 10.0 Å². The lowest BCUT2D eigenvalue weighted by molar-refractivity contribution is -0.149. The molecule has 2 N–H and O–H groups in total. The van der Waals surface area contributed by atoms with Crippen molar-refractivity contribution in [3.63, 3.8) is 0 Å². The minimum atomic E-state index is -3.44. The Bertz CT molecular complexity index is 406. The highest BCUT2D eigenvalue weighted by atomic mass is 32.2. The predicted octanol–water partition coefficient (Wildman–Crippen LogP) is 0.0955. The number of carbonyl (C=O) groups is 1. The van der Waals surface area contributed by atoms with Gasteiger partial charge < -0.3 is 10.1 Å². The maximum atomic E-state index is 12.1. The molecule has 124 valence electrons. The topological polar surface area (TPSA) is 87.7 Å². The second kappa shape index (κ2) is 9.34. The summed E-state index contributed by atoms with van der Waals surface area (Å²) in [6, 6.07) is 0. The molecule has 0 aromatic heterocycles. The second-order valence-corrected chi connectivity index (χ2v) is 6.83. The molecule has 7 nitrogen and oxygen atoms in total. The molecule has 1 heterocycles. The molecule has 0 amide bonds. The van der Waals surface area contributed by atoms with Crippen molar-refractivity contribution in [2.24, 2.45) is 5.92 Å². The summed E-state index contributed by atoms with van der Waals surface area (Å²) in [5, 5.41) is 3.14. The number of esters is 1. The minimum absolute atomic E-state index is 0.178. The number of ether oxygens (including phenoxy) is 1. The lowest BCUT2D eigenvalue weighted by Gasteiger charge is -2.30. The Balaban J connectivity index is 2.33. The highest BCUT2D eigenvalue weighted by Gasteiger charge is 2.31. The number of rotatable bonds is 9. The zero-order chi connectivity index (χ0) is 15.7. The highest BCUT2D eigenvalue weighted by Crippen LogP contribution is 2.20. The maximum Gasteiger partial charge on any atom is 0.309 e. The summed E-state index contributed by atoms with van der Waals surface area (Å²) in [6.07, 6.45) is 2.07. The van der Waals surface area contributed by atoms with Gasteiger partial charge in [0.15, 0.2) is 0 Å². The standard InChI is InChI=1S/C13H27N3O4S/c1-3-7-14-8-9-15-21(18,19)16-10-5-12(6-11-16)13(17)20-4-2/h12,14-15H,3-11H2,1-2H3. The fourth-order valence-corrected chi connectivity index (χ4v) is 3.49. The van der Waals surface area contributed by atoms with Crippen LogP contribution in [0.3, 0.4) is 0 Å². The molecule has 8 heteroatoms. The van der Waals surface area contributed by atoms with Crippen LogP contribution in [0.15, 0.2) is 0 Å². The largest absolute Gasteiger partial charge is 0.466 e. The fourth-order valence-electron chi connectivity index (χ4n) is 2.25. The van der Waals surface area contributed by atoms with E-state index in [-0.39, 0.29) is 11.9 Å². The number of piperidine rings is 1. The van der Waals surface area contributed by atoms with Gasteiger partial charge >= 0.3 is 5.97 Å². The number of nitrogens with zero attached hydrogens (tertiary/aromatic N) is 1. The van der Waals surface area contributed by atoms with Gasteiger partial charge in [0.1, 0.15) is 0 Å². The Hall–Kier alpha value is -0.700. The van der Waals surface area contributed by atoms with Crippen LogP contribution in [0.2, 0.25) is 0 Å². The second-order valence-electron chi connectivity index (χ2n) is 5.07. The number of hydrogen-bond acceptors (Lipinski definition) is 5. The van der Waals surface area contributed by atoms with Crippen LogP contribution in [-0.4, -0.2) is 58.0 Å². The van der Waals surface area contributed by atoms with Crippen LogP contribution >= 0.6 is 0 Å². The van der Waals surface area contributed by atoms with Crippen molar-refractivity contribution in [3.8, 4) is 0 Å². The van der Waals surface area contributed by atoms with Crippen LogP contribution in [-0.2, 0) is 19.7 Å². The lowest BCUT2D eigenvalue weighted by atomic mass is 9.98. The summed E-state index contributed by atoms with van der Waals surface area (Å²) in [4.78, 5) is 11.6. The van der Waals surface area contributed by atoms with Gasteiger partial charge in [0.05, 0.1) is 12.5 Å².